The fraction of sp³-hybridized carbons (Fsp3) is 0.0800. The molecule has 0 spiro atoms. The monoisotopic (exact) mass is 428 g/mol. The molecule has 3 aromatic carbocycles. The molecule has 1 saturated heterocycles. The summed E-state index contributed by atoms with van der Waals surface area (Å²) in [6.07, 6.45) is 1.51. The van der Waals surface area contributed by atoms with Gasteiger partial charge in [-0.25, -0.2) is 9.69 Å². The van der Waals surface area contributed by atoms with Gasteiger partial charge < -0.3 is 0 Å². The lowest BCUT2D eigenvalue weighted by Crippen LogP contribution is -2.54. The molecule has 1 aliphatic heterocycles. The molecule has 0 radical (unpaired) electrons. The Morgan fingerprint density at radius 3 is 2.06 bits per heavy atom. The Labute approximate surface area is 184 Å². The highest BCUT2D eigenvalue weighted by Crippen LogP contribution is 2.29. The summed E-state index contributed by atoms with van der Waals surface area (Å²) in [5.41, 5.74) is 3.04. The van der Waals surface area contributed by atoms with E-state index in [9.17, 15) is 14.4 Å². The topological polar surface area (TPSA) is 66.5 Å². The Hall–Kier alpha value is -3.64. The van der Waals surface area contributed by atoms with Crippen LogP contribution < -0.4 is 10.2 Å². The van der Waals surface area contributed by atoms with E-state index in [1.165, 1.54) is 11.6 Å². The first-order chi connectivity index (χ1) is 14.9. The number of benzene rings is 3. The molecule has 0 unspecified atom stereocenters. The van der Waals surface area contributed by atoms with E-state index in [4.69, 9.17) is 0 Å². The average Bonchev–Trinajstić information content (AvgIpc) is 2.75. The lowest BCUT2D eigenvalue weighted by atomic mass is 10.1. The van der Waals surface area contributed by atoms with E-state index in [0.29, 0.717) is 11.3 Å². The molecular formula is C25H20N2O3S. The van der Waals surface area contributed by atoms with Crippen molar-refractivity contribution in [2.75, 3.05) is 4.90 Å². The van der Waals surface area contributed by atoms with Crippen molar-refractivity contribution in [2.45, 2.75) is 23.6 Å². The van der Waals surface area contributed by atoms with E-state index in [0.717, 1.165) is 20.3 Å². The minimum absolute atomic E-state index is 0.0817. The van der Waals surface area contributed by atoms with Gasteiger partial charge in [0, 0.05) is 9.79 Å². The molecule has 0 saturated carbocycles. The molecule has 1 heterocycles. The number of para-hydroxylation sites is 1. The van der Waals surface area contributed by atoms with Gasteiger partial charge >= 0.3 is 6.03 Å². The summed E-state index contributed by atoms with van der Waals surface area (Å²) >= 11 is 1.63. The second-order valence-electron chi connectivity index (χ2n) is 7.23. The number of aryl methyl sites for hydroxylation is 2. The lowest BCUT2D eigenvalue weighted by Gasteiger charge is -2.27. The second kappa shape index (κ2) is 8.62. The lowest BCUT2D eigenvalue weighted by molar-refractivity contribution is -0.122. The number of nitrogens with one attached hydrogen (secondary N) is 1. The first kappa shape index (κ1) is 20.6. The normalized spacial score (nSPS) is 15.4. The molecule has 0 bridgehead atoms. The van der Waals surface area contributed by atoms with E-state index in [2.05, 4.69) is 29.6 Å². The summed E-state index contributed by atoms with van der Waals surface area (Å²) in [6.45, 7) is 3.85. The number of hydrogen-bond acceptors (Lipinski definition) is 4. The van der Waals surface area contributed by atoms with Crippen LogP contribution in [-0.2, 0) is 9.59 Å². The van der Waals surface area contributed by atoms with Gasteiger partial charge in [0.15, 0.2) is 0 Å². The van der Waals surface area contributed by atoms with Gasteiger partial charge in [-0.3, -0.25) is 14.9 Å². The number of imide groups is 2. The van der Waals surface area contributed by atoms with Crippen LogP contribution in [0.1, 0.15) is 16.7 Å². The molecule has 154 valence electrons. The zero-order chi connectivity index (χ0) is 22.0. The van der Waals surface area contributed by atoms with Crippen LogP contribution in [0.4, 0.5) is 10.5 Å². The maximum absolute atomic E-state index is 13.0. The maximum Gasteiger partial charge on any atom is 0.335 e. The fourth-order valence-corrected chi connectivity index (χ4v) is 4.05. The SMILES string of the molecule is Cc1ccc(Sc2ccc(/C=C3\C(=O)NC(=O)N(c4ccccc4C)C3=O)cc2)cc1. The quantitative estimate of drug-likeness (QED) is 0.463. The summed E-state index contributed by atoms with van der Waals surface area (Å²) in [7, 11) is 0. The minimum atomic E-state index is -0.744. The number of amides is 4. The van der Waals surface area contributed by atoms with E-state index in [1.54, 1.807) is 36.9 Å². The Kier molecular flexibility index (Phi) is 5.73. The standard InChI is InChI=1S/C25H20N2O3S/c1-16-7-11-19(12-8-16)31-20-13-9-18(10-14-20)15-21-23(28)26-25(30)27(24(21)29)22-6-4-3-5-17(22)2/h3-15H,1-2H3,(H,26,28,30)/b21-15+. The molecule has 6 heteroatoms. The second-order valence-corrected chi connectivity index (χ2v) is 8.38. The van der Waals surface area contributed by atoms with E-state index in [1.807, 2.05) is 37.3 Å². The van der Waals surface area contributed by atoms with Gasteiger partial charge in [0.05, 0.1) is 5.69 Å². The molecule has 5 nitrogen and oxygen atoms in total. The number of carbonyl (C=O) groups is 3. The molecule has 0 aliphatic carbocycles. The minimum Gasteiger partial charge on any atom is -0.273 e. The van der Waals surface area contributed by atoms with Crippen LogP contribution in [0.3, 0.4) is 0 Å². The summed E-state index contributed by atoms with van der Waals surface area (Å²) < 4.78 is 0. The van der Waals surface area contributed by atoms with Crippen LogP contribution in [0, 0.1) is 13.8 Å². The third kappa shape index (κ3) is 4.44. The number of carbonyl (C=O) groups excluding carboxylic acids is 3. The number of barbiturate groups is 1. The van der Waals surface area contributed by atoms with Crippen LogP contribution in [0.25, 0.3) is 6.08 Å². The Morgan fingerprint density at radius 1 is 0.806 bits per heavy atom. The predicted molar refractivity (Wildman–Crippen MR) is 122 cm³/mol. The highest BCUT2D eigenvalue weighted by molar-refractivity contribution is 7.99. The van der Waals surface area contributed by atoms with Gasteiger partial charge in [-0.2, -0.15) is 0 Å². The number of rotatable bonds is 4. The smallest absolute Gasteiger partial charge is 0.273 e. The highest BCUT2D eigenvalue weighted by Gasteiger charge is 2.37. The zero-order valence-electron chi connectivity index (χ0n) is 17.1. The van der Waals surface area contributed by atoms with E-state index >= 15 is 0 Å². The van der Waals surface area contributed by atoms with Crippen LogP contribution in [0.15, 0.2) is 88.2 Å². The molecule has 1 aliphatic rings. The van der Waals surface area contributed by atoms with E-state index < -0.39 is 17.8 Å². The van der Waals surface area contributed by atoms with Crippen LogP contribution in [0.2, 0.25) is 0 Å². The number of anilines is 1. The van der Waals surface area contributed by atoms with Gasteiger partial charge in [0.2, 0.25) is 0 Å². The summed E-state index contributed by atoms with van der Waals surface area (Å²) in [4.78, 5) is 40.9. The van der Waals surface area contributed by atoms with Crippen molar-refractivity contribution in [1.82, 2.24) is 5.32 Å². The van der Waals surface area contributed by atoms with Gasteiger partial charge in [-0.15, -0.1) is 0 Å². The number of hydrogen-bond donors (Lipinski definition) is 1. The molecule has 0 aromatic heterocycles. The van der Waals surface area contributed by atoms with Crippen molar-refractivity contribution in [3.05, 3.63) is 95.1 Å². The first-order valence-electron chi connectivity index (χ1n) is 9.74. The molecule has 1 fully saturated rings. The van der Waals surface area contributed by atoms with Crippen molar-refractivity contribution in [3.8, 4) is 0 Å². The van der Waals surface area contributed by atoms with Gasteiger partial charge in [0.1, 0.15) is 5.57 Å². The highest BCUT2D eigenvalue weighted by atomic mass is 32.2. The molecule has 1 N–H and O–H groups in total. The Bertz CT molecular complexity index is 1200. The van der Waals surface area contributed by atoms with Crippen LogP contribution >= 0.6 is 11.8 Å². The summed E-state index contributed by atoms with van der Waals surface area (Å²) in [6, 6.07) is 22.1. The van der Waals surface area contributed by atoms with Gasteiger partial charge in [-0.1, -0.05) is 59.8 Å². The molecular weight excluding hydrogens is 408 g/mol. The summed E-state index contributed by atoms with van der Waals surface area (Å²) in [5, 5.41) is 2.26. The molecule has 31 heavy (non-hydrogen) atoms. The van der Waals surface area contributed by atoms with Crippen molar-refractivity contribution >= 4 is 41.4 Å². The van der Waals surface area contributed by atoms with Gasteiger partial charge in [-0.05, 0) is 61.4 Å². The molecule has 0 atom stereocenters. The third-order valence-electron chi connectivity index (χ3n) is 4.91. The third-order valence-corrected chi connectivity index (χ3v) is 5.92. The van der Waals surface area contributed by atoms with Crippen LogP contribution in [-0.4, -0.2) is 17.8 Å². The Morgan fingerprint density at radius 2 is 1.42 bits per heavy atom. The Balaban J connectivity index is 1.58. The predicted octanol–water partition coefficient (Wildman–Crippen LogP) is 5.12. The zero-order valence-corrected chi connectivity index (χ0v) is 17.9. The molecule has 4 amide bonds. The maximum atomic E-state index is 13.0. The van der Waals surface area contributed by atoms with Crippen LogP contribution in [0.5, 0.6) is 0 Å². The molecule has 4 rings (SSSR count). The van der Waals surface area contributed by atoms with Crippen molar-refractivity contribution in [1.29, 1.82) is 0 Å². The average molecular weight is 429 g/mol. The van der Waals surface area contributed by atoms with E-state index in [-0.39, 0.29) is 5.57 Å². The largest absolute Gasteiger partial charge is 0.335 e. The fourth-order valence-electron chi connectivity index (χ4n) is 3.23. The first-order valence-corrected chi connectivity index (χ1v) is 10.6. The van der Waals surface area contributed by atoms with Gasteiger partial charge in [0.25, 0.3) is 11.8 Å². The van der Waals surface area contributed by atoms with Crippen molar-refractivity contribution < 1.29 is 14.4 Å². The number of urea groups is 1. The van der Waals surface area contributed by atoms with Crippen molar-refractivity contribution in [2.24, 2.45) is 0 Å². The van der Waals surface area contributed by atoms with Crippen molar-refractivity contribution in [3.63, 3.8) is 0 Å². The molecule has 3 aromatic rings. The number of nitrogens with zero attached hydrogens (tertiary/aromatic N) is 1. The summed E-state index contributed by atoms with van der Waals surface area (Å²) in [5.74, 6) is -1.33.